The van der Waals surface area contributed by atoms with Crippen LogP contribution in [0.1, 0.15) is 55.4 Å². The zero-order chi connectivity index (χ0) is 22.1. The molecule has 1 atom stereocenters. The van der Waals surface area contributed by atoms with Crippen LogP contribution in [-0.2, 0) is 23.0 Å². The van der Waals surface area contributed by atoms with Gasteiger partial charge in [0, 0.05) is 41.7 Å². The van der Waals surface area contributed by atoms with E-state index < -0.39 is 10.0 Å². The predicted octanol–water partition coefficient (Wildman–Crippen LogP) is 5.12. The highest BCUT2D eigenvalue weighted by molar-refractivity contribution is 7.90. The van der Waals surface area contributed by atoms with Gasteiger partial charge in [0.1, 0.15) is 0 Å². The minimum atomic E-state index is -3.22. The fourth-order valence-corrected chi connectivity index (χ4v) is 5.73. The van der Waals surface area contributed by atoms with E-state index in [1.807, 2.05) is 30.6 Å². The molecule has 1 aromatic heterocycles. The Morgan fingerprint density at radius 1 is 1.03 bits per heavy atom. The van der Waals surface area contributed by atoms with Crippen LogP contribution in [0, 0.1) is 0 Å². The molecule has 1 saturated carbocycles. The Kier molecular flexibility index (Phi) is 6.77. The van der Waals surface area contributed by atoms with Gasteiger partial charge in [-0.15, -0.1) is 0 Å². The van der Waals surface area contributed by atoms with E-state index in [0.29, 0.717) is 13.0 Å². The van der Waals surface area contributed by atoms with Crippen LogP contribution in [0.25, 0.3) is 11.1 Å². The Bertz CT molecular complexity index is 1270. The van der Waals surface area contributed by atoms with E-state index in [1.165, 1.54) is 11.1 Å². The van der Waals surface area contributed by atoms with Crippen molar-refractivity contribution < 1.29 is 8.42 Å². The summed E-state index contributed by atoms with van der Waals surface area (Å²) in [6, 6.07) is 18.8. The first kappa shape index (κ1) is 23.3. The summed E-state index contributed by atoms with van der Waals surface area (Å²) in [5.41, 5.74) is 7.97. The molecule has 0 spiro atoms. The van der Waals surface area contributed by atoms with Gasteiger partial charge in [0.05, 0.1) is 11.8 Å². The van der Waals surface area contributed by atoms with Crippen molar-refractivity contribution in [1.82, 2.24) is 9.71 Å². The van der Waals surface area contributed by atoms with Gasteiger partial charge in [-0.25, -0.2) is 13.1 Å². The second kappa shape index (κ2) is 9.57. The molecule has 0 saturated heterocycles. The molecule has 33 heavy (non-hydrogen) atoms. The average Bonchev–Trinajstić information content (AvgIpc) is 3.62. The largest absolute Gasteiger partial charge is 0.285 e. The van der Waals surface area contributed by atoms with Crippen LogP contribution in [0.15, 0.2) is 72.0 Å². The van der Waals surface area contributed by atoms with Gasteiger partial charge in [0.15, 0.2) is 0 Å². The topological polar surface area (TPSA) is 71.4 Å². The summed E-state index contributed by atoms with van der Waals surface area (Å²) in [6.07, 6.45) is 6.02. The maximum atomic E-state index is 12.4. The van der Waals surface area contributed by atoms with E-state index in [2.05, 4.69) is 58.0 Å². The molecule has 3 aromatic rings. The number of fused-ring (bicyclic) bond motifs is 1. The average molecular weight is 462 g/mol. The SMILES string of the molecule is C.CC1=NCc2ccc(-c3cncc(C[C@@H](CNS(=O)(=O)C4CC4)c4ccccc4)c3)cc21. The van der Waals surface area contributed by atoms with Gasteiger partial charge in [-0.2, -0.15) is 0 Å². The highest BCUT2D eigenvalue weighted by atomic mass is 32.2. The van der Waals surface area contributed by atoms with Crippen LogP contribution >= 0.6 is 0 Å². The number of nitrogens with zero attached hydrogens (tertiary/aromatic N) is 2. The van der Waals surface area contributed by atoms with E-state index in [0.717, 1.165) is 47.4 Å². The lowest BCUT2D eigenvalue weighted by Gasteiger charge is -2.19. The van der Waals surface area contributed by atoms with E-state index in [-0.39, 0.29) is 18.6 Å². The number of benzene rings is 2. The third-order valence-electron chi connectivity index (χ3n) is 6.36. The summed E-state index contributed by atoms with van der Waals surface area (Å²) < 4.78 is 27.7. The number of pyridine rings is 1. The summed E-state index contributed by atoms with van der Waals surface area (Å²) in [5, 5.41) is -0.212. The maximum absolute atomic E-state index is 12.4. The first-order valence-electron chi connectivity index (χ1n) is 11.1. The van der Waals surface area contributed by atoms with Crippen molar-refractivity contribution in [3.05, 3.63) is 89.2 Å². The third kappa shape index (κ3) is 5.23. The lowest BCUT2D eigenvalue weighted by molar-refractivity contribution is 0.567. The summed E-state index contributed by atoms with van der Waals surface area (Å²) in [5.74, 6) is 0.0381. The molecular formula is C27H31N3O2S. The molecule has 6 heteroatoms. The van der Waals surface area contributed by atoms with Crippen molar-refractivity contribution in [2.24, 2.45) is 4.99 Å². The number of hydrogen-bond donors (Lipinski definition) is 1. The molecule has 0 bridgehead atoms. The third-order valence-corrected chi connectivity index (χ3v) is 8.28. The molecule has 1 fully saturated rings. The normalized spacial score (nSPS) is 16.0. The highest BCUT2D eigenvalue weighted by Gasteiger charge is 2.35. The van der Waals surface area contributed by atoms with Crippen molar-refractivity contribution in [2.75, 3.05) is 6.54 Å². The second-order valence-electron chi connectivity index (χ2n) is 8.76. The first-order chi connectivity index (χ1) is 15.5. The molecule has 0 radical (unpaired) electrons. The van der Waals surface area contributed by atoms with Gasteiger partial charge in [0.25, 0.3) is 0 Å². The standard InChI is InChI=1S/C26H27N3O2S.CH4/c1-18-26-13-21(7-8-22(26)16-28-18)23-11-19(14-27-15-23)12-24(20-5-3-2-4-6-20)17-29-32(30,31)25-9-10-25;/h2-8,11,13-15,24-25,29H,9-10,12,16-17H2,1H3;1H4/t24-;/m0./s1. The lowest BCUT2D eigenvalue weighted by atomic mass is 9.91. The van der Waals surface area contributed by atoms with Crippen LogP contribution in [0.2, 0.25) is 0 Å². The molecule has 5 nitrogen and oxygen atoms in total. The molecule has 2 aromatic carbocycles. The van der Waals surface area contributed by atoms with Gasteiger partial charge in [-0.1, -0.05) is 49.9 Å². The van der Waals surface area contributed by atoms with Crippen molar-refractivity contribution >= 4 is 15.7 Å². The summed E-state index contributed by atoms with van der Waals surface area (Å²) in [6.45, 7) is 3.20. The molecule has 0 unspecified atom stereocenters. The van der Waals surface area contributed by atoms with Gasteiger partial charge in [-0.05, 0) is 60.6 Å². The van der Waals surface area contributed by atoms with Crippen LogP contribution < -0.4 is 4.72 Å². The smallest absolute Gasteiger partial charge is 0.214 e. The molecular weight excluding hydrogens is 430 g/mol. The molecule has 0 amide bonds. The Hall–Kier alpha value is -2.83. The van der Waals surface area contributed by atoms with Gasteiger partial charge in [-0.3, -0.25) is 9.98 Å². The molecule has 1 aliphatic heterocycles. The number of sulfonamides is 1. The Balaban J connectivity index is 0.00000259. The molecule has 172 valence electrons. The van der Waals surface area contributed by atoms with Gasteiger partial charge in [0.2, 0.25) is 10.0 Å². The molecule has 1 aliphatic carbocycles. The van der Waals surface area contributed by atoms with Crippen molar-refractivity contribution in [2.45, 2.75) is 51.3 Å². The van der Waals surface area contributed by atoms with Crippen molar-refractivity contribution in [1.29, 1.82) is 0 Å². The summed E-state index contributed by atoms with van der Waals surface area (Å²) in [4.78, 5) is 9.03. The van der Waals surface area contributed by atoms with E-state index >= 15 is 0 Å². The van der Waals surface area contributed by atoms with E-state index in [1.54, 1.807) is 0 Å². The van der Waals surface area contributed by atoms with E-state index in [4.69, 9.17) is 0 Å². The second-order valence-corrected chi connectivity index (χ2v) is 10.8. The lowest BCUT2D eigenvalue weighted by Crippen LogP contribution is -2.32. The minimum absolute atomic E-state index is 0. The van der Waals surface area contributed by atoms with Crippen molar-refractivity contribution in [3.63, 3.8) is 0 Å². The fourth-order valence-electron chi connectivity index (χ4n) is 4.31. The Morgan fingerprint density at radius 2 is 1.82 bits per heavy atom. The monoisotopic (exact) mass is 461 g/mol. The number of aromatic nitrogens is 1. The van der Waals surface area contributed by atoms with Gasteiger partial charge < -0.3 is 0 Å². The fraction of sp³-hybridized carbons (Fsp3) is 0.333. The van der Waals surface area contributed by atoms with Crippen molar-refractivity contribution in [3.8, 4) is 11.1 Å². The Morgan fingerprint density at radius 3 is 2.58 bits per heavy atom. The molecule has 1 N–H and O–H groups in total. The van der Waals surface area contributed by atoms with Crippen LogP contribution in [0.3, 0.4) is 0 Å². The maximum Gasteiger partial charge on any atom is 0.214 e. The predicted molar refractivity (Wildman–Crippen MR) is 135 cm³/mol. The number of hydrogen-bond acceptors (Lipinski definition) is 4. The molecule has 2 heterocycles. The minimum Gasteiger partial charge on any atom is -0.285 e. The van der Waals surface area contributed by atoms with Gasteiger partial charge >= 0.3 is 0 Å². The first-order valence-corrected chi connectivity index (χ1v) is 12.7. The van der Waals surface area contributed by atoms with E-state index in [9.17, 15) is 8.42 Å². The highest BCUT2D eigenvalue weighted by Crippen LogP contribution is 2.30. The quantitative estimate of drug-likeness (QED) is 0.506. The number of rotatable bonds is 8. The molecule has 2 aliphatic rings. The Labute approximate surface area is 197 Å². The zero-order valence-corrected chi connectivity index (χ0v) is 19.0. The zero-order valence-electron chi connectivity index (χ0n) is 18.2. The van der Waals surface area contributed by atoms with Crippen LogP contribution in [-0.4, -0.2) is 30.9 Å². The van der Waals surface area contributed by atoms with Crippen LogP contribution in [0.5, 0.6) is 0 Å². The summed E-state index contributed by atoms with van der Waals surface area (Å²) >= 11 is 0. The number of aliphatic imine (C=N–C) groups is 1. The summed E-state index contributed by atoms with van der Waals surface area (Å²) in [7, 11) is -3.22. The van der Waals surface area contributed by atoms with Crippen LogP contribution in [0.4, 0.5) is 0 Å². The number of nitrogens with one attached hydrogen (secondary N) is 1. The molecule has 5 rings (SSSR count).